The molecule has 2 heterocycles. The molecule has 4 atom stereocenters. The summed E-state index contributed by atoms with van der Waals surface area (Å²) in [6.07, 6.45) is 11.0. The van der Waals surface area contributed by atoms with Gasteiger partial charge in [-0.25, -0.2) is 0 Å². The molecule has 5 rings (SSSR count). The molecule has 0 amide bonds. The van der Waals surface area contributed by atoms with Gasteiger partial charge in [-0.15, -0.1) is 0 Å². The van der Waals surface area contributed by atoms with Crippen LogP contribution < -0.4 is 0 Å². The van der Waals surface area contributed by atoms with Crippen molar-refractivity contribution in [2.45, 2.75) is 69.5 Å². The van der Waals surface area contributed by atoms with Crippen LogP contribution in [0.15, 0.2) is 0 Å². The fourth-order valence-electron chi connectivity index (χ4n) is 5.84. The van der Waals surface area contributed by atoms with Crippen LogP contribution in [-0.4, -0.2) is 24.4 Å². The number of rotatable bonds is 3. The molecular formula is C17H26O2. The summed E-state index contributed by atoms with van der Waals surface area (Å²) in [5, 5.41) is 0. The lowest BCUT2D eigenvalue weighted by atomic mass is 9.81. The number of ether oxygens (including phenoxy) is 2. The standard InChI is InChI=1S/C17H26O2/c1-12(14-2-8-18-16(14)5-6-16)10-13-11-17(13)15(3-4-15)7-9-19-17/h12-14H,2-11H2,1H3. The highest BCUT2D eigenvalue weighted by atomic mass is 16.5. The summed E-state index contributed by atoms with van der Waals surface area (Å²) in [6.45, 7) is 4.55. The minimum absolute atomic E-state index is 0.343. The molecule has 2 heteroatoms. The van der Waals surface area contributed by atoms with Gasteiger partial charge in [0.2, 0.25) is 0 Å². The van der Waals surface area contributed by atoms with Crippen LogP contribution in [0.25, 0.3) is 0 Å². The smallest absolute Gasteiger partial charge is 0.0772 e. The zero-order valence-electron chi connectivity index (χ0n) is 12.1. The first-order chi connectivity index (χ1) is 9.20. The Balaban J connectivity index is 1.27. The first-order valence-corrected chi connectivity index (χ1v) is 8.48. The van der Waals surface area contributed by atoms with E-state index >= 15 is 0 Å². The SMILES string of the molecule is CC(CC1CC12OCCC21CC1)C1CCOC12CC2. The van der Waals surface area contributed by atoms with Gasteiger partial charge in [-0.3, -0.25) is 0 Å². The van der Waals surface area contributed by atoms with Crippen LogP contribution in [0.3, 0.4) is 0 Å². The van der Waals surface area contributed by atoms with Crippen molar-refractivity contribution in [3.63, 3.8) is 0 Å². The molecule has 5 aliphatic rings. The maximum absolute atomic E-state index is 6.24. The van der Waals surface area contributed by atoms with E-state index in [-0.39, 0.29) is 0 Å². The van der Waals surface area contributed by atoms with E-state index in [1.165, 1.54) is 51.4 Å². The maximum atomic E-state index is 6.24. The summed E-state index contributed by atoms with van der Waals surface area (Å²) >= 11 is 0. The number of fused-ring (bicyclic) bond motifs is 1. The Morgan fingerprint density at radius 1 is 1.05 bits per heavy atom. The number of hydrogen-bond acceptors (Lipinski definition) is 2. The average molecular weight is 262 g/mol. The third-order valence-electron chi connectivity index (χ3n) is 7.32. The Labute approximate surface area is 116 Å². The van der Waals surface area contributed by atoms with Gasteiger partial charge in [0, 0.05) is 18.6 Å². The molecule has 3 spiro atoms. The fourth-order valence-corrected chi connectivity index (χ4v) is 5.84. The van der Waals surface area contributed by atoms with Gasteiger partial charge in [0.05, 0.1) is 11.2 Å². The van der Waals surface area contributed by atoms with Crippen molar-refractivity contribution in [3.8, 4) is 0 Å². The van der Waals surface area contributed by atoms with Gasteiger partial charge in [0.1, 0.15) is 0 Å². The maximum Gasteiger partial charge on any atom is 0.0772 e. The Kier molecular flexibility index (Phi) is 2.06. The molecule has 2 nitrogen and oxygen atoms in total. The molecule has 3 aliphatic carbocycles. The Bertz CT molecular complexity index is 409. The van der Waals surface area contributed by atoms with Crippen molar-refractivity contribution in [2.75, 3.05) is 13.2 Å². The zero-order valence-corrected chi connectivity index (χ0v) is 12.1. The summed E-state index contributed by atoms with van der Waals surface area (Å²) in [7, 11) is 0. The van der Waals surface area contributed by atoms with Gasteiger partial charge >= 0.3 is 0 Å². The van der Waals surface area contributed by atoms with Crippen LogP contribution in [0.4, 0.5) is 0 Å². The summed E-state index contributed by atoms with van der Waals surface area (Å²) in [4.78, 5) is 0. The van der Waals surface area contributed by atoms with Crippen LogP contribution in [0.5, 0.6) is 0 Å². The molecule has 106 valence electrons. The van der Waals surface area contributed by atoms with Crippen molar-refractivity contribution in [2.24, 2.45) is 23.2 Å². The lowest BCUT2D eigenvalue weighted by Gasteiger charge is -2.26. The normalized spacial score (nSPS) is 49.1. The molecule has 3 saturated carbocycles. The quantitative estimate of drug-likeness (QED) is 0.774. The molecule has 0 aromatic rings. The third-order valence-corrected chi connectivity index (χ3v) is 7.32. The van der Waals surface area contributed by atoms with Gasteiger partial charge in [-0.1, -0.05) is 6.92 Å². The van der Waals surface area contributed by atoms with Gasteiger partial charge in [-0.05, 0) is 69.1 Å². The highest BCUT2D eigenvalue weighted by molar-refractivity contribution is 5.24. The topological polar surface area (TPSA) is 18.5 Å². The molecule has 2 aliphatic heterocycles. The molecule has 0 bridgehead atoms. The summed E-state index contributed by atoms with van der Waals surface area (Å²) < 4.78 is 12.3. The molecule has 4 unspecified atom stereocenters. The first kappa shape index (κ1) is 11.6. The van der Waals surface area contributed by atoms with Crippen LogP contribution in [0.1, 0.15) is 58.3 Å². The molecule has 0 aromatic heterocycles. The van der Waals surface area contributed by atoms with Crippen molar-refractivity contribution < 1.29 is 9.47 Å². The van der Waals surface area contributed by atoms with Gasteiger partial charge < -0.3 is 9.47 Å². The lowest BCUT2D eigenvalue weighted by Crippen LogP contribution is -2.27. The van der Waals surface area contributed by atoms with Crippen LogP contribution in [0.2, 0.25) is 0 Å². The van der Waals surface area contributed by atoms with Crippen LogP contribution in [0, 0.1) is 23.2 Å². The van der Waals surface area contributed by atoms with Crippen molar-refractivity contribution in [1.29, 1.82) is 0 Å². The molecule has 19 heavy (non-hydrogen) atoms. The second-order valence-electron chi connectivity index (χ2n) is 8.19. The zero-order chi connectivity index (χ0) is 12.7. The van der Waals surface area contributed by atoms with Crippen molar-refractivity contribution in [3.05, 3.63) is 0 Å². The van der Waals surface area contributed by atoms with Crippen molar-refractivity contribution in [1.82, 2.24) is 0 Å². The highest BCUT2D eigenvalue weighted by Gasteiger charge is 2.74. The molecule has 0 N–H and O–H groups in total. The minimum atomic E-state index is 0.343. The van der Waals surface area contributed by atoms with E-state index in [4.69, 9.17) is 9.47 Å². The van der Waals surface area contributed by atoms with E-state index in [2.05, 4.69) is 6.92 Å². The Hall–Kier alpha value is -0.0800. The van der Waals surface area contributed by atoms with Crippen molar-refractivity contribution >= 4 is 0 Å². The van der Waals surface area contributed by atoms with Gasteiger partial charge in [-0.2, -0.15) is 0 Å². The van der Waals surface area contributed by atoms with E-state index in [1.807, 2.05) is 0 Å². The highest BCUT2D eigenvalue weighted by Crippen LogP contribution is 2.74. The van der Waals surface area contributed by atoms with E-state index in [0.717, 1.165) is 31.0 Å². The van der Waals surface area contributed by atoms with Crippen LogP contribution in [-0.2, 0) is 9.47 Å². The Morgan fingerprint density at radius 2 is 1.89 bits per heavy atom. The molecule has 0 radical (unpaired) electrons. The monoisotopic (exact) mass is 262 g/mol. The number of hydrogen-bond donors (Lipinski definition) is 0. The predicted molar refractivity (Wildman–Crippen MR) is 72.9 cm³/mol. The molecule has 5 fully saturated rings. The largest absolute Gasteiger partial charge is 0.375 e. The average Bonchev–Trinajstić information content (AvgIpc) is 3.24. The van der Waals surface area contributed by atoms with E-state index < -0.39 is 0 Å². The molecule has 2 saturated heterocycles. The third kappa shape index (κ3) is 1.40. The summed E-state index contributed by atoms with van der Waals surface area (Å²) in [5.41, 5.74) is 1.35. The summed E-state index contributed by atoms with van der Waals surface area (Å²) in [5.74, 6) is 2.57. The van der Waals surface area contributed by atoms with E-state index in [0.29, 0.717) is 16.6 Å². The fraction of sp³-hybridized carbons (Fsp3) is 1.00. The first-order valence-electron chi connectivity index (χ1n) is 8.48. The van der Waals surface area contributed by atoms with Gasteiger partial charge in [0.25, 0.3) is 0 Å². The van der Waals surface area contributed by atoms with Gasteiger partial charge in [0.15, 0.2) is 0 Å². The molecule has 0 aromatic carbocycles. The second kappa shape index (κ2) is 3.39. The van der Waals surface area contributed by atoms with E-state index in [9.17, 15) is 0 Å². The molecular weight excluding hydrogens is 236 g/mol. The van der Waals surface area contributed by atoms with E-state index in [1.54, 1.807) is 0 Å². The van der Waals surface area contributed by atoms with Crippen LogP contribution >= 0.6 is 0 Å². The second-order valence-corrected chi connectivity index (χ2v) is 8.19. The minimum Gasteiger partial charge on any atom is -0.375 e. The predicted octanol–water partition coefficient (Wildman–Crippen LogP) is 3.54. The lowest BCUT2D eigenvalue weighted by molar-refractivity contribution is 0.0324. The summed E-state index contributed by atoms with van der Waals surface area (Å²) in [6, 6.07) is 0. The Morgan fingerprint density at radius 3 is 2.63 bits per heavy atom.